The van der Waals surface area contributed by atoms with Gasteiger partial charge in [0.05, 0.1) is 23.1 Å². The van der Waals surface area contributed by atoms with E-state index in [4.69, 9.17) is 11.6 Å². The van der Waals surface area contributed by atoms with Gasteiger partial charge < -0.3 is 10.6 Å². The Hall–Kier alpha value is -2.34. The van der Waals surface area contributed by atoms with Crippen molar-refractivity contribution in [2.75, 3.05) is 18.4 Å². The summed E-state index contributed by atoms with van der Waals surface area (Å²) in [5.74, 6) is 0.163. The number of hydrogen-bond acceptors (Lipinski definition) is 3. The Balaban J connectivity index is 0.00000256. The number of benzene rings is 2. The number of carbonyl (C=O) groups is 1. The molecule has 1 aliphatic heterocycles. The summed E-state index contributed by atoms with van der Waals surface area (Å²) in [7, 11) is 0. The second-order valence-corrected chi connectivity index (χ2v) is 7.76. The van der Waals surface area contributed by atoms with Crippen LogP contribution in [0.2, 0.25) is 5.02 Å². The molecule has 0 spiro atoms. The minimum atomic E-state index is -0.111. The summed E-state index contributed by atoms with van der Waals surface area (Å²) in [4.78, 5) is 13.2. The van der Waals surface area contributed by atoms with E-state index in [9.17, 15) is 4.79 Å². The van der Waals surface area contributed by atoms with Gasteiger partial charge in [-0.15, -0.1) is 12.4 Å². The molecular formula is C23H26Cl2N4O. The van der Waals surface area contributed by atoms with Crippen LogP contribution < -0.4 is 10.6 Å². The Morgan fingerprint density at radius 2 is 1.87 bits per heavy atom. The van der Waals surface area contributed by atoms with E-state index in [-0.39, 0.29) is 24.2 Å². The van der Waals surface area contributed by atoms with Crippen LogP contribution >= 0.6 is 24.0 Å². The van der Waals surface area contributed by atoms with Crippen molar-refractivity contribution in [1.29, 1.82) is 0 Å². The minimum Gasteiger partial charge on any atom is -0.322 e. The second-order valence-electron chi connectivity index (χ2n) is 7.32. The summed E-state index contributed by atoms with van der Waals surface area (Å²) in [6, 6.07) is 15.5. The van der Waals surface area contributed by atoms with Crippen LogP contribution in [0.25, 0.3) is 5.69 Å². The van der Waals surface area contributed by atoms with Crippen molar-refractivity contribution in [3.63, 3.8) is 0 Å². The van der Waals surface area contributed by atoms with Gasteiger partial charge in [-0.3, -0.25) is 4.79 Å². The highest BCUT2D eigenvalue weighted by atomic mass is 35.5. The number of aryl methyl sites for hydroxylation is 1. The van der Waals surface area contributed by atoms with Gasteiger partial charge in [0.1, 0.15) is 0 Å². The molecule has 1 fully saturated rings. The Morgan fingerprint density at radius 3 is 2.57 bits per heavy atom. The predicted octanol–water partition coefficient (Wildman–Crippen LogP) is 5.23. The van der Waals surface area contributed by atoms with Crippen molar-refractivity contribution < 1.29 is 4.79 Å². The molecule has 0 bridgehead atoms. The number of amides is 1. The standard InChI is InChI=1S/C23H25ClN4O.ClH/c1-2-16-5-3-4-6-21(16)27-23(29)20-15-26-28(19-9-7-18(24)8-10-19)22(20)17-11-13-25-14-12-17;/h3-10,15,17,25H,2,11-14H2,1H3,(H,27,29);1H. The Labute approximate surface area is 188 Å². The van der Waals surface area contributed by atoms with Gasteiger partial charge in [-0.25, -0.2) is 4.68 Å². The number of piperidine rings is 1. The van der Waals surface area contributed by atoms with Crippen LogP contribution in [0.15, 0.2) is 54.7 Å². The number of rotatable bonds is 5. The lowest BCUT2D eigenvalue weighted by atomic mass is 9.91. The van der Waals surface area contributed by atoms with Crippen LogP contribution in [0.4, 0.5) is 5.69 Å². The summed E-state index contributed by atoms with van der Waals surface area (Å²) < 4.78 is 1.90. The molecule has 2 N–H and O–H groups in total. The zero-order chi connectivity index (χ0) is 20.2. The largest absolute Gasteiger partial charge is 0.322 e. The number of aromatic nitrogens is 2. The highest BCUT2D eigenvalue weighted by Crippen LogP contribution is 2.31. The highest BCUT2D eigenvalue weighted by Gasteiger charge is 2.27. The van der Waals surface area contributed by atoms with Crippen molar-refractivity contribution in [2.24, 2.45) is 0 Å². The molecule has 0 radical (unpaired) electrons. The van der Waals surface area contributed by atoms with Crippen LogP contribution in [-0.2, 0) is 6.42 Å². The lowest BCUT2D eigenvalue weighted by molar-refractivity contribution is 0.102. The number of anilines is 1. The second kappa shape index (κ2) is 10.1. The lowest BCUT2D eigenvalue weighted by Crippen LogP contribution is -2.29. The maximum atomic E-state index is 13.2. The Kier molecular flexibility index (Phi) is 7.53. The van der Waals surface area contributed by atoms with Gasteiger partial charge in [-0.1, -0.05) is 36.7 Å². The Morgan fingerprint density at radius 1 is 1.17 bits per heavy atom. The van der Waals surface area contributed by atoms with E-state index >= 15 is 0 Å². The third-order valence-corrected chi connectivity index (χ3v) is 5.75. The van der Waals surface area contributed by atoms with Crippen LogP contribution in [0.3, 0.4) is 0 Å². The maximum absolute atomic E-state index is 13.2. The summed E-state index contributed by atoms with van der Waals surface area (Å²) >= 11 is 6.06. The quantitative estimate of drug-likeness (QED) is 0.566. The smallest absolute Gasteiger partial charge is 0.259 e. The van der Waals surface area contributed by atoms with Crippen molar-refractivity contribution in [3.05, 3.63) is 76.6 Å². The fourth-order valence-electron chi connectivity index (χ4n) is 3.95. The van der Waals surface area contributed by atoms with Crippen molar-refractivity contribution in [3.8, 4) is 5.69 Å². The molecule has 5 nitrogen and oxygen atoms in total. The van der Waals surface area contributed by atoms with Gasteiger partial charge in [0.15, 0.2) is 0 Å². The molecule has 30 heavy (non-hydrogen) atoms. The first-order valence-corrected chi connectivity index (χ1v) is 10.5. The summed E-state index contributed by atoms with van der Waals surface area (Å²) in [6.45, 7) is 3.97. The first kappa shape index (κ1) is 22.3. The third-order valence-electron chi connectivity index (χ3n) is 5.49. The number of halogens is 2. The van der Waals surface area contributed by atoms with Gasteiger partial charge in [-0.05, 0) is 68.2 Å². The number of nitrogens with one attached hydrogen (secondary N) is 2. The van der Waals surface area contributed by atoms with Crippen LogP contribution in [0.1, 0.15) is 47.3 Å². The predicted molar refractivity (Wildman–Crippen MR) is 124 cm³/mol. The molecule has 158 valence electrons. The fraction of sp³-hybridized carbons (Fsp3) is 0.304. The zero-order valence-electron chi connectivity index (χ0n) is 16.9. The molecule has 0 unspecified atom stereocenters. The molecular weight excluding hydrogens is 419 g/mol. The summed E-state index contributed by atoms with van der Waals surface area (Å²) in [6.07, 6.45) is 4.51. The average Bonchev–Trinajstić information content (AvgIpc) is 3.20. The van der Waals surface area contributed by atoms with Crippen LogP contribution in [-0.4, -0.2) is 28.8 Å². The molecule has 2 aromatic carbocycles. The maximum Gasteiger partial charge on any atom is 0.259 e. The number of hydrogen-bond donors (Lipinski definition) is 2. The van der Waals surface area contributed by atoms with Crippen molar-refractivity contribution in [2.45, 2.75) is 32.1 Å². The van der Waals surface area contributed by atoms with E-state index in [1.165, 1.54) is 0 Å². The molecule has 1 amide bonds. The van der Waals surface area contributed by atoms with Crippen molar-refractivity contribution >= 4 is 35.6 Å². The molecule has 7 heteroatoms. The topological polar surface area (TPSA) is 59.0 Å². The Bertz CT molecular complexity index is 995. The molecule has 0 saturated carbocycles. The van der Waals surface area contributed by atoms with Gasteiger partial charge >= 0.3 is 0 Å². The van der Waals surface area contributed by atoms with Gasteiger partial charge in [-0.2, -0.15) is 5.10 Å². The first-order valence-electron chi connectivity index (χ1n) is 10.1. The molecule has 0 aliphatic carbocycles. The third kappa shape index (κ3) is 4.69. The van der Waals surface area contributed by atoms with Gasteiger partial charge in [0, 0.05) is 16.6 Å². The number of para-hydroxylation sites is 1. The fourth-order valence-corrected chi connectivity index (χ4v) is 4.08. The monoisotopic (exact) mass is 444 g/mol. The molecule has 2 heterocycles. The number of carbonyl (C=O) groups excluding carboxylic acids is 1. The molecule has 3 aromatic rings. The molecule has 1 aliphatic rings. The number of nitrogens with zero attached hydrogens (tertiary/aromatic N) is 2. The highest BCUT2D eigenvalue weighted by molar-refractivity contribution is 6.30. The van der Waals surface area contributed by atoms with E-state index in [1.54, 1.807) is 6.20 Å². The normalized spacial score (nSPS) is 14.2. The van der Waals surface area contributed by atoms with E-state index in [0.29, 0.717) is 10.6 Å². The molecule has 0 atom stereocenters. The zero-order valence-corrected chi connectivity index (χ0v) is 18.5. The molecule has 4 rings (SSSR count). The lowest BCUT2D eigenvalue weighted by Gasteiger charge is -2.25. The summed E-state index contributed by atoms with van der Waals surface area (Å²) in [5, 5.41) is 11.8. The van der Waals surface area contributed by atoms with Crippen LogP contribution in [0, 0.1) is 0 Å². The van der Waals surface area contributed by atoms with Gasteiger partial charge in [0.25, 0.3) is 5.91 Å². The SMILES string of the molecule is CCc1ccccc1NC(=O)c1cnn(-c2ccc(Cl)cc2)c1C1CCNCC1.Cl. The summed E-state index contributed by atoms with van der Waals surface area (Å²) in [5.41, 5.74) is 4.50. The van der Waals surface area contributed by atoms with E-state index in [1.807, 2.05) is 53.2 Å². The first-order chi connectivity index (χ1) is 14.2. The van der Waals surface area contributed by atoms with Gasteiger partial charge in [0.2, 0.25) is 0 Å². The average molecular weight is 445 g/mol. The molecule has 1 saturated heterocycles. The van der Waals surface area contributed by atoms with E-state index < -0.39 is 0 Å². The van der Waals surface area contributed by atoms with Crippen LogP contribution in [0.5, 0.6) is 0 Å². The van der Waals surface area contributed by atoms with Crippen molar-refractivity contribution in [1.82, 2.24) is 15.1 Å². The van der Waals surface area contributed by atoms with E-state index in [2.05, 4.69) is 22.7 Å². The van der Waals surface area contributed by atoms with E-state index in [0.717, 1.165) is 55.0 Å². The minimum absolute atomic E-state index is 0. The molecule has 1 aromatic heterocycles.